The van der Waals surface area contributed by atoms with Crippen LogP contribution in [-0.2, 0) is 6.54 Å². The van der Waals surface area contributed by atoms with Crippen LogP contribution in [0.1, 0.15) is 16.1 Å². The van der Waals surface area contributed by atoms with Crippen molar-refractivity contribution in [1.82, 2.24) is 9.97 Å². The van der Waals surface area contributed by atoms with E-state index in [0.29, 0.717) is 17.7 Å². The van der Waals surface area contributed by atoms with Gasteiger partial charge in [0.05, 0.1) is 17.8 Å². The smallest absolute Gasteiger partial charge is 0.336 e. The van der Waals surface area contributed by atoms with Crippen molar-refractivity contribution in [3.63, 3.8) is 0 Å². The number of pyridine rings is 2. The molecule has 2 aromatic heterocycles. The van der Waals surface area contributed by atoms with Crippen LogP contribution in [-0.4, -0.2) is 21.0 Å². The quantitative estimate of drug-likeness (QED) is 0.768. The molecule has 0 aliphatic rings. The van der Waals surface area contributed by atoms with Crippen molar-refractivity contribution in [2.45, 2.75) is 6.54 Å². The van der Waals surface area contributed by atoms with Gasteiger partial charge in [0.15, 0.2) is 0 Å². The van der Waals surface area contributed by atoms with Gasteiger partial charge < -0.3 is 10.4 Å². The molecule has 0 aliphatic heterocycles. The van der Waals surface area contributed by atoms with E-state index in [9.17, 15) is 9.90 Å². The minimum Gasteiger partial charge on any atom is -0.478 e. The van der Waals surface area contributed by atoms with E-state index in [-0.39, 0.29) is 5.56 Å². The Hall–Kier alpha value is -2.95. The molecule has 5 nitrogen and oxygen atoms in total. The maximum atomic E-state index is 11.4. The normalized spacial score (nSPS) is 10.5. The average molecular weight is 279 g/mol. The van der Waals surface area contributed by atoms with E-state index >= 15 is 0 Å². The summed E-state index contributed by atoms with van der Waals surface area (Å²) in [5.41, 5.74) is 1.10. The third-order valence-corrected chi connectivity index (χ3v) is 3.18. The highest BCUT2D eigenvalue weighted by Gasteiger charge is 2.12. The summed E-state index contributed by atoms with van der Waals surface area (Å²) < 4.78 is 0. The van der Waals surface area contributed by atoms with Crippen molar-refractivity contribution in [1.29, 1.82) is 0 Å². The van der Waals surface area contributed by atoms with Gasteiger partial charge in [0.25, 0.3) is 0 Å². The average Bonchev–Trinajstić information content (AvgIpc) is 2.53. The zero-order valence-corrected chi connectivity index (χ0v) is 11.2. The second kappa shape index (κ2) is 5.58. The van der Waals surface area contributed by atoms with Crippen LogP contribution in [0.25, 0.3) is 10.8 Å². The van der Waals surface area contributed by atoms with Crippen LogP contribution in [0.5, 0.6) is 0 Å². The van der Waals surface area contributed by atoms with Crippen LogP contribution < -0.4 is 5.32 Å². The standard InChI is InChI=1S/C16H13N3O2/c20-16(21)13-6-3-4-11-7-9-18-15(14(11)13)19-10-12-5-1-2-8-17-12/h1-9H,10H2,(H,18,19)(H,20,21). The number of aromatic nitrogens is 2. The van der Waals surface area contributed by atoms with E-state index in [1.54, 1.807) is 30.6 Å². The van der Waals surface area contributed by atoms with Crippen LogP contribution >= 0.6 is 0 Å². The van der Waals surface area contributed by atoms with Crippen LogP contribution in [0.4, 0.5) is 5.82 Å². The summed E-state index contributed by atoms with van der Waals surface area (Å²) in [6.07, 6.45) is 3.38. The number of carboxylic acids is 1. The van der Waals surface area contributed by atoms with Gasteiger partial charge in [-0.25, -0.2) is 9.78 Å². The Balaban J connectivity index is 2.00. The molecule has 3 rings (SSSR count). The van der Waals surface area contributed by atoms with E-state index in [1.165, 1.54) is 0 Å². The summed E-state index contributed by atoms with van der Waals surface area (Å²) >= 11 is 0. The maximum absolute atomic E-state index is 11.4. The van der Waals surface area contributed by atoms with E-state index in [0.717, 1.165) is 11.1 Å². The second-order valence-electron chi connectivity index (χ2n) is 4.54. The number of carboxylic acid groups (broad SMARTS) is 1. The largest absolute Gasteiger partial charge is 0.478 e. The SMILES string of the molecule is O=C(O)c1cccc2ccnc(NCc3ccccn3)c12. The van der Waals surface area contributed by atoms with Crippen molar-refractivity contribution in [3.05, 3.63) is 66.1 Å². The molecule has 5 heteroatoms. The van der Waals surface area contributed by atoms with Crippen molar-refractivity contribution in [2.24, 2.45) is 0 Å². The monoisotopic (exact) mass is 279 g/mol. The van der Waals surface area contributed by atoms with Crippen LogP contribution in [0.15, 0.2) is 54.9 Å². The first kappa shape index (κ1) is 13.1. The molecule has 1 aromatic carbocycles. The number of benzene rings is 1. The fraction of sp³-hybridized carbons (Fsp3) is 0.0625. The van der Waals surface area contributed by atoms with Crippen LogP contribution in [0.2, 0.25) is 0 Å². The summed E-state index contributed by atoms with van der Waals surface area (Å²) in [6, 6.07) is 12.6. The highest BCUT2D eigenvalue weighted by molar-refractivity contribution is 6.08. The lowest BCUT2D eigenvalue weighted by Gasteiger charge is -2.10. The maximum Gasteiger partial charge on any atom is 0.336 e. The Morgan fingerprint density at radius 2 is 1.95 bits per heavy atom. The highest BCUT2D eigenvalue weighted by atomic mass is 16.4. The second-order valence-corrected chi connectivity index (χ2v) is 4.54. The number of fused-ring (bicyclic) bond motifs is 1. The molecule has 0 radical (unpaired) electrons. The first-order chi connectivity index (χ1) is 10.3. The minimum absolute atomic E-state index is 0.240. The number of nitrogens with one attached hydrogen (secondary N) is 1. The summed E-state index contributed by atoms with van der Waals surface area (Å²) in [5, 5.41) is 13.9. The van der Waals surface area contributed by atoms with Crippen molar-refractivity contribution < 1.29 is 9.90 Å². The number of anilines is 1. The minimum atomic E-state index is -0.963. The van der Waals surface area contributed by atoms with E-state index < -0.39 is 5.97 Å². The molecule has 2 heterocycles. The lowest BCUT2D eigenvalue weighted by molar-refractivity contribution is 0.0699. The van der Waals surface area contributed by atoms with Gasteiger partial charge in [0, 0.05) is 17.8 Å². The molecule has 0 amide bonds. The molecule has 0 unspecified atom stereocenters. The number of rotatable bonds is 4. The van der Waals surface area contributed by atoms with Gasteiger partial charge in [0.2, 0.25) is 0 Å². The number of hydrogen-bond acceptors (Lipinski definition) is 4. The molecule has 3 aromatic rings. The van der Waals surface area contributed by atoms with Crippen molar-refractivity contribution >= 4 is 22.6 Å². The molecule has 2 N–H and O–H groups in total. The van der Waals surface area contributed by atoms with Crippen molar-refractivity contribution in [3.8, 4) is 0 Å². The summed E-state index contributed by atoms with van der Waals surface area (Å²) in [7, 11) is 0. The van der Waals surface area contributed by atoms with Gasteiger partial charge in [-0.05, 0) is 29.7 Å². The molecule has 21 heavy (non-hydrogen) atoms. The first-order valence-corrected chi connectivity index (χ1v) is 6.50. The Morgan fingerprint density at radius 1 is 1.05 bits per heavy atom. The van der Waals surface area contributed by atoms with Gasteiger partial charge in [-0.2, -0.15) is 0 Å². The molecule has 0 aliphatic carbocycles. The molecule has 0 bridgehead atoms. The predicted octanol–water partition coefficient (Wildman–Crippen LogP) is 2.94. The summed E-state index contributed by atoms with van der Waals surface area (Å²) in [6.45, 7) is 0.487. The van der Waals surface area contributed by atoms with Gasteiger partial charge >= 0.3 is 5.97 Å². The fourth-order valence-corrected chi connectivity index (χ4v) is 2.22. The molecule has 104 valence electrons. The molecule has 0 spiro atoms. The fourth-order valence-electron chi connectivity index (χ4n) is 2.22. The van der Waals surface area contributed by atoms with E-state index in [1.807, 2.05) is 24.3 Å². The summed E-state index contributed by atoms with van der Waals surface area (Å²) in [5.74, 6) is -0.411. The zero-order chi connectivity index (χ0) is 14.7. The molecule has 0 atom stereocenters. The number of nitrogens with zero attached hydrogens (tertiary/aromatic N) is 2. The topological polar surface area (TPSA) is 75.1 Å². The number of aromatic carboxylic acids is 1. The Labute approximate surface area is 121 Å². The Bertz CT molecular complexity index is 783. The van der Waals surface area contributed by atoms with Gasteiger partial charge in [-0.3, -0.25) is 4.98 Å². The molecular formula is C16H13N3O2. The molecular weight excluding hydrogens is 266 g/mol. The third-order valence-electron chi connectivity index (χ3n) is 3.18. The Kier molecular flexibility index (Phi) is 3.47. The van der Waals surface area contributed by atoms with Gasteiger partial charge in [-0.15, -0.1) is 0 Å². The predicted molar refractivity (Wildman–Crippen MR) is 80.3 cm³/mol. The zero-order valence-electron chi connectivity index (χ0n) is 11.2. The van der Waals surface area contributed by atoms with E-state index in [2.05, 4.69) is 15.3 Å². The third kappa shape index (κ3) is 2.67. The first-order valence-electron chi connectivity index (χ1n) is 6.50. The lowest BCUT2D eigenvalue weighted by atomic mass is 10.1. The number of carbonyl (C=O) groups is 1. The molecule has 0 saturated carbocycles. The van der Waals surface area contributed by atoms with Crippen LogP contribution in [0.3, 0.4) is 0 Å². The highest BCUT2D eigenvalue weighted by Crippen LogP contribution is 2.25. The molecule has 0 fully saturated rings. The van der Waals surface area contributed by atoms with Gasteiger partial charge in [0.1, 0.15) is 5.82 Å². The summed E-state index contributed by atoms with van der Waals surface area (Å²) in [4.78, 5) is 19.9. The Morgan fingerprint density at radius 3 is 2.71 bits per heavy atom. The lowest BCUT2D eigenvalue weighted by Crippen LogP contribution is -2.06. The molecule has 0 saturated heterocycles. The number of hydrogen-bond donors (Lipinski definition) is 2. The van der Waals surface area contributed by atoms with Crippen LogP contribution in [0, 0.1) is 0 Å². The van der Waals surface area contributed by atoms with Gasteiger partial charge in [-0.1, -0.05) is 18.2 Å². The van der Waals surface area contributed by atoms with E-state index in [4.69, 9.17) is 0 Å². The van der Waals surface area contributed by atoms with Crippen molar-refractivity contribution in [2.75, 3.05) is 5.32 Å².